The van der Waals surface area contributed by atoms with E-state index in [0.29, 0.717) is 5.56 Å². The molecule has 0 aliphatic carbocycles. The molecule has 0 radical (unpaired) electrons. The second kappa shape index (κ2) is 7.62. The van der Waals surface area contributed by atoms with Gasteiger partial charge in [0.05, 0.1) is 12.6 Å². The molecular weight excluding hydrogens is 344 g/mol. The fraction of sp³-hybridized carbons (Fsp3) is 0.429. The molecule has 138 valence electrons. The van der Waals surface area contributed by atoms with Crippen molar-refractivity contribution >= 4 is 23.2 Å². The van der Waals surface area contributed by atoms with Crippen molar-refractivity contribution in [1.82, 2.24) is 10.2 Å². The number of rotatable bonds is 4. The molecule has 1 unspecified atom stereocenters. The Morgan fingerprint density at radius 2 is 1.92 bits per heavy atom. The maximum atomic E-state index is 12.6. The van der Waals surface area contributed by atoms with E-state index in [0.717, 1.165) is 19.4 Å². The van der Waals surface area contributed by atoms with Crippen molar-refractivity contribution < 1.29 is 9.59 Å². The summed E-state index contributed by atoms with van der Waals surface area (Å²) in [5, 5.41) is 4.81. The van der Waals surface area contributed by atoms with Crippen molar-refractivity contribution in [2.45, 2.75) is 45.1 Å². The molecule has 4 nitrogen and oxygen atoms in total. The molecule has 1 aliphatic rings. The van der Waals surface area contributed by atoms with Gasteiger partial charge in [-0.2, -0.15) is 0 Å². The highest BCUT2D eigenvalue weighted by molar-refractivity contribution is 7.10. The Morgan fingerprint density at radius 1 is 1.19 bits per heavy atom. The van der Waals surface area contributed by atoms with E-state index in [1.807, 2.05) is 40.6 Å². The van der Waals surface area contributed by atoms with E-state index in [-0.39, 0.29) is 29.8 Å². The Kier molecular flexibility index (Phi) is 5.47. The number of nitrogens with one attached hydrogen (secondary N) is 1. The van der Waals surface area contributed by atoms with Crippen LogP contribution >= 0.6 is 11.3 Å². The Balaban J connectivity index is 1.58. The van der Waals surface area contributed by atoms with Crippen LogP contribution in [-0.4, -0.2) is 29.8 Å². The van der Waals surface area contributed by atoms with Gasteiger partial charge in [-0.1, -0.05) is 39.0 Å². The van der Waals surface area contributed by atoms with Crippen LogP contribution in [0.15, 0.2) is 41.8 Å². The highest BCUT2D eigenvalue weighted by atomic mass is 32.1. The Labute approximate surface area is 159 Å². The lowest BCUT2D eigenvalue weighted by molar-refractivity contribution is -0.131. The van der Waals surface area contributed by atoms with Gasteiger partial charge in [0, 0.05) is 17.0 Å². The van der Waals surface area contributed by atoms with Gasteiger partial charge < -0.3 is 10.2 Å². The summed E-state index contributed by atoms with van der Waals surface area (Å²) < 4.78 is 0. The van der Waals surface area contributed by atoms with Crippen LogP contribution in [0, 0.1) is 0 Å². The first-order valence-corrected chi connectivity index (χ1v) is 9.96. The van der Waals surface area contributed by atoms with E-state index < -0.39 is 0 Å². The minimum Gasteiger partial charge on any atom is -0.343 e. The largest absolute Gasteiger partial charge is 0.343 e. The van der Waals surface area contributed by atoms with Crippen LogP contribution in [0.2, 0.25) is 0 Å². The van der Waals surface area contributed by atoms with Gasteiger partial charge in [0.1, 0.15) is 0 Å². The van der Waals surface area contributed by atoms with Gasteiger partial charge in [-0.3, -0.25) is 9.59 Å². The number of likely N-dealkylation sites (tertiary alicyclic amines) is 1. The maximum Gasteiger partial charge on any atom is 0.251 e. The molecule has 2 aromatic rings. The lowest BCUT2D eigenvalue weighted by atomic mass is 9.87. The maximum absolute atomic E-state index is 12.6. The van der Waals surface area contributed by atoms with Crippen molar-refractivity contribution in [3.05, 3.63) is 57.8 Å². The summed E-state index contributed by atoms with van der Waals surface area (Å²) in [7, 11) is 0. The van der Waals surface area contributed by atoms with Crippen LogP contribution in [0.3, 0.4) is 0 Å². The Bertz CT molecular complexity index is 760. The number of benzene rings is 1. The minimum absolute atomic E-state index is 0.0134. The molecule has 1 aliphatic heterocycles. The summed E-state index contributed by atoms with van der Waals surface area (Å²) >= 11 is 1.68. The lowest BCUT2D eigenvalue weighted by Crippen LogP contribution is -2.39. The summed E-state index contributed by atoms with van der Waals surface area (Å²) in [5.41, 5.74) is 1.82. The smallest absolute Gasteiger partial charge is 0.251 e. The summed E-state index contributed by atoms with van der Waals surface area (Å²) in [6.07, 6.45) is 2.00. The molecule has 1 aromatic carbocycles. The second-order valence-electron chi connectivity index (χ2n) is 7.77. The molecule has 26 heavy (non-hydrogen) atoms. The van der Waals surface area contributed by atoms with E-state index in [1.54, 1.807) is 11.3 Å². The van der Waals surface area contributed by atoms with Crippen molar-refractivity contribution in [1.29, 1.82) is 0 Å². The van der Waals surface area contributed by atoms with E-state index in [4.69, 9.17) is 0 Å². The molecule has 3 rings (SSSR count). The minimum atomic E-state index is -0.203. The summed E-state index contributed by atoms with van der Waals surface area (Å²) in [6.45, 7) is 7.22. The molecular formula is C21H26N2O2S. The molecule has 1 saturated heterocycles. The van der Waals surface area contributed by atoms with Gasteiger partial charge >= 0.3 is 0 Å². The molecule has 2 heterocycles. The van der Waals surface area contributed by atoms with E-state index in [2.05, 4.69) is 32.2 Å². The van der Waals surface area contributed by atoms with Gasteiger partial charge in [0.2, 0.25) is 5.91 Å². The van der Waals surface area contributed by atoms with Gasteiger partial charge in [0.15, 0.2) is 0 Å². The number of thiophene rings is 1. The molecule has 1 N–H and O–H groups in total. The van der Waals surface area contributed by atoms with Crippen molar-refractivity contribution in [3.8, 4) is 0 Å². The topological polar surface area (TPSA) is 49.4 Å². The van der Waals surface area contributed by atoms with Crippen LogP contribution in [0.5, 0.6) is 0 Å². The van der Waals surface area contributed by atoms with Crippen LogP contribution in [0.1, 0.15) is 60.5 Å². The summed E-state index contributed by atoms with van der Waals surface area (Å²) in [5.74, 6) is -0.216. The normalized spacial score (nSPS) is 17.3. The second-order valence-corrected chi connectivity index (χ2v) is 8.75. The number of nitrogens with zero attached hydrogens (tertiary/aromatic N) is 1. The van der Waals surface area contributed by atoms with E-state index in [1.165, 1.54) is 10.4 Å². The average Bonchev–Trinajstić information content (AvgIpc) is 3.29. The van der Waals surface area contributed by atoms with Crippen LogP contribution in [0.4, 0.5) is 0 Å². The molecule has 0 spiro atoms. The average molecular weight is 371 g/mol. The van der Waals surface area contributed by atoms with E-state index in [9.17, 15) is 9.59 Å². The number of carbonyl (C=O) groups excluding carboxylic acids is 2. The third-order valence-corrected chi connectivity index (χ3v) is 5.83. The number of hydrogen-bond acceptors (Lipinski definition) is 3. The van der Waals surface area contributed by atoms with Crippen molar-refractivity contribution in [2.75, 3.05) is 13.1 Å². The van der Waals surface area contributed by atoms with Crippen molar-refractivity contribution in [3.63, 3.8) is 0 Å². The van der Waals surface area contributed by atoms with Gasteiger partial charge in [-0.05, 0) is 47.4 Å². The lowest BCUT2D eigenvalue weighted by Gasteiger charge is -2.24. The van der Waals surface area contributed by atoms with Crippen LogP contribution < -0.4 is 5.32 Å². The number of hydrogen-bond donors (Lipinski definition) is 1. The molecule has 1 atom stereocenters. The van der Waals surface area contributed by atoms with Crippen LogP contribution in [-0.2, 0) is 10.2 Å². The zero-order chi connectivity index (χ0) is 18.7. The fourth-order valence-electron chi connectivity index (χ4n) is 3.32. The third-order valence-electron chi connectivity index (χ3n) is 4.86. The molecule has 1 fully saturated rings. The monoisotopic (exact) mass is 370 g/mol. The molecule has 1 aromatic heterocycles. The predicted octanol–water partition coefficient (Wildman–Crippen LogP) is 4.14. The highest BCUT2D eigenvalue weighted by Gasteiger charge is 2.30. The predicted molar refractivity (Wildman–Crippen MR) is 105 cm³/mol. The Hall–Kier alpha value is -2.14. The SMILES string of the molecule is CC(C)(C)c1ccc(C(=O)NCC(=O)N2CCCC2c2cccs2)cc1. The van der Waals surface area contributed by atoms with Gasteiger partial charge in [0.25, 0.3) is 5.91 Å². The first kappa shape index (κ1) is 18.6. The fourth-order valence-corrected chi connectivity index (χ4v) is 4.20. The van der Waals surface area contributed by atoms with Crippen molar-refractivity contribution in [2.24, 2.45) is 0 Å². The van der Waals surface area contributed by atoms with Gasteiger partial charge in [-0.15, -0.1) is 11.3 Å². The summed E-state index contributed by atoms with van der Waals surface area (Å²) in [4.78, 5) is 28.1. The first-order chi connectivity index (χ1) is 12.4. The number of amides is 2. The third kappa shape index (κ3) is 4.15. The van der Waals surface area contributed by atoms with Gasteiger partial charge in [-0.25, -0.2) is 0 Å². The first-order valence-electron chi connectivity index (χ1n) is 9.08. The zero-order valence-corrected chi connectivity index (χ0v) is 16.4. The molecule has 5 heteroatoms. The number of carbonyl (C=O) groups is 2. The van der Waals surface area contributed by atoms with Crippen LogP contribution in [0.25, 0.3) is 0 Å². The quantitative estimate of drug-likeness (QED) is 0.879. The summed E-state index contributed by atoms with van der Waals surface area (Å²) in [6, 6.07) is 11.9. The van der Waals surface area contributed by atoms with E-state index >= 15 is 0 Å². The molecule has 0 saturated carbocycles. The standard InChI is InChI=1S/C21H26N2O2S/c1-21(2,3)16-10-8-15(9-11-16)20(25)22-14-19(24)23-12-4-6-17(23)18-7-5-13-26-18/h5,7-11,13,17H,4,6,12,14H2,1-3H3,(H,22,25). The molecule has 0 bridgehead atoms. The highest BCUT2D eigenvalue weighted by Crippen LogP contribution is 2.34. The molecule has 2 amide bonds. The Morgan fingerprint density at radius 3 is 2.54 bits per heavy atom. The zero-order valence-electron chi connectivity index (χ0n) is 15.6.